The lowest BCUT2D eigenvalue weighted by atomic mass is 10.1. The van der Waals surface area contributed by atoms with Gasteiger partial charge in [0.2, 0.25) is 0 Å². The predicted octanol–water partition coefficient (Wildman–Crippen LogP) is 3.06. The molecule has 15 heavy (non-hydrogen) atoms. The first-order chi connectivity index (χ1) is 7.13. The summed E-state index contributed by atoms with van der Waals surface area (Å²) in [6.07, 6.45) is 1.48. The van der Waals surface area contributed by atoms with Crippen molar-refractivity contribution in [3.05, 3.63) is 35.5 Å². The van der Waals surface area contributed by atoms with E-state index < -0.39 is 11.6 Å². The van der Waals surface area contributed by atoms with Crippen molar-refractivity contribution >= 4 is 39.3 Å². The molecule has 0 amide bonds. The van der Waals surface area contributed by atoms with Gasteiger partial charge in [-0.2, -0.15) is 0 Å². The van der Waals surface area contributed by atoms with Gasteiger partial charge < -0.3 is 4.98 Å². The van der Waals surface area contributed by atoms with E-state index in [4.69, 9.17) is 0 Å². The van der Waals surface area contributed by atoms with Crippen molar-refractivity contribution in [2.24, 2.45) is 0 Å². The van der Waals surface area contributed by atoms with Gasteiger partial charge in [-0.3, -0.25) is 4.79 Å². The minimum Gasteiger partial charge on any atom is -0.360 e. The van der Waals surface area contributed by atoms with Crippen LogP contribution >= 0.6 is 22.6 Å². The maximum atomic E-state index is 13.0. The van der Waals surface area contributed by atoms with Gasteiger partial charge in [0.25, 0.3) is 0 Å². The number of nitrogens with one attached hydrogen (secondary N) is 1. The van der Waals surface area contributed by atoms with Crippen LogP contribution in [0.4, 0.5) is 8.78 Å². The Morgan fingerprint density at radius 2 is 2.00 bits per heavy atom. The molecule has 2 rings (SSSR count). The molecule has 0 aliphatic heterocycles. The van der Waals surface area contributed by atoms with Crippen molar-refractivity contribution in [1.82, 2.24) is 4.98 Å². The van der Waals surface area contributed by atoms with Crippen molar-refractivity contribution < 1.29 is 13.6 Å². The third-order valence-corrected chi connectivity index (χ3v) is 2.84. The zero-order valence-corrected chi connectivity index (χ0v) is 9.64. The first-order valence-electron chi connectivity index (χ1n) is 4.18. The number of ketones is 1. The topological polar surface area (TPSA) is 32.9 Å². The minimum atomic E-state index is -0.940. The maximum absolute atomic E-state index is 13.0. The number of fused-ring (bicyclic) bond motifs is 1. The molecule has 0 fully saturated rings. The van der Waals surface area contributed by atoms with Crippen LogP contribution < -0.4 is 0 Å². The predicted molar refractivity (Wildman–Crippen MR) is 61.4 cm³/mol. The molecule has 0 saturated heterocycles. The van der Waals surface area contributed by atoms with Gasteiger partial charge >= 0.3 is 0 Å². The van der Waals surface area contributed by atoms with Gasteiger partial charge in [0, 0.05) is 28.7 Å². The molecule has 1 N–H and O–H groups in total. The molecule has 0 unspecified atom stereocenters. The summed E-state index contributed by atoms with van der Waals surface area (Å²) in [6.45, 7) is 0. The molecule has 5 heteroatoms. The molecule has 1 aromatic heterocycles. The van der Waals surface area contributed by atoms with Gasteiger partial charge in [-0.15, -0.1) is 0 Å². The van der Waals surface area contributed by atoms with Crippen LogP contribution in [-0.4, -0.2) is 15.2 Å². The van der Waals surface area contributed by atoms with Crippen LogP contribution in [0.3, 0.4) is 0 Å². The SMILES string of the molecule is O=C(CI)c1c[nH]c2cc(F)c(F)cc12. The second-order valence-corrected chi connectivity index (χ2v) is 3.83. The molecule has 0 atom stereocenters. The van der Waals surface area contributed by atoms with E-state index in [-0.39, 0.29) is 5.78 Å². The van der Waals surface area contributed by atoms with Crippen LogP contribution in [0.25, 0.3) is 10.9 Å². The number of hydrogen-bond acceptors (Lipinski definition) is 1. The lowest BCUT2D eigenvalue weighted by Crippen LogP contribution is -1.98. The number of alkyl halides is 1. The van der Waals surface area contributed by atoms with Crippen molar-refractivity contribution in [2.45, 2.75) is 0 Å². The molecule has 1 heterocycles. The number of benzene rings is 1. The Bertz CT molecular complexity index is 535. The Balaban J connectivity index is 2.69. The molecule has 0 aliphatic rings. The summed E-state index contributed by atoms with van der Waals surface area (Å²) in [5, 5.41) is 0.426. The number of hydrogen-bond donors (Lipinski definition) is 1. The summed E-state index contributed by atoms with van der Waals surface area (Å²) >= 11 is 1.93. The minimum absolute atomic E-state index is 0.104. The second kappa shape index (κ2) is 3.88. The van der Waals surface area contributed by atoms with E-state index in [0.29, 0.717) is 20.9 Å². The molecule has 0 aliphatic carbocycles. The largest absolute Gasteiger partial charge is 0.360 e. The molecule has 0 spiro atoms. The zero-order valence-electron chi connectivity index (χ0n) is 7.48. The summed E-state index contributed by atoms with van der Waals surface area (Å²) in [4.78, 5) is 14.2. The smallest absolute Gasteiger partial charge is 0.174 e. The van der Waals surface area contributed by atoms with Crippen molar-refractivity contribution in [3.8, 4) is 0 Å². The summed E-state index contributed by atoms with van der Waals surface area (Å²) in [5.41, 5.74) is 0.834. The van der Waals surface area contributed by atoms with Crippen LogP contribution in [0.5, 0.6) is 0 Å². The quantitative estimate of drug-likeness (QED) is 0.515. The van der Waals surface area contributed by atoms with Gasteiger partial charge in [-0.25, -0.2) is 8.78 Å². The van der Waals surface area contributed by atoms with Crippen LogP contribution in [0.1, 0.15) is 10.4 Å². The van der Waals surface area contributed by atoms with E-state index in [2.05, 4.69) is 4.98 Å². The number of aromatic amines is 1. The first-order valence-corrected chi connectivity index (χ1v) is 5.71. The van der Waals surface area contributed by atoms with Gasteiger partial charge in [-0.1, -0.05) is 22.6 Å². The van der Waals surface area contributed by atoms with E-state index in [1.54, 1.807) is 0 Å². The fourth-order valence-electron chi connectivity index (χ4n) is 1.42. The summed E-state index contributed by atoms with van der Waals surface area (Å²) in [5.74, 6) is -1.96. The highest BCUT2D eigenvalue weighted by Gasteiger charge is 2.13. The molecular formula is C10H6F2INO. The van der Waals surface area contributed by atoms with E-state index in [9.17, 15) is 13.6 Å². The average molecular weight is 321 g/mol. The number of aromatic nitrogens is 1. The lowest BCUT2D eigenvalue weighted by Gasteiger charge is -1.96. The first kappa shape index (κ1) is 10.5. The van der Waals surface area contributed by atoms with Crippen molar-refractivity contribution in [2.75, 3.05) is 4.43 Å². The Labute approximate surface area is 97.8 Å². The van der Waals surface area contributed by atoms with Crippen molar-refractivity contribution in [3.63, 3.8) is 0 Å². The Kier molecular flexibility index (Phi) is 2.72. The molecule has 0 bridgehead atoms. The monoisotopic (exact) mass is 321 g/mol. The van der Waals surface area contributed by atoms with Crippen molar-refractivity contribution in [1.29, 1.82) is 0 Å². The summed E-state index contributed by atoms with van der Waals surface area (Å²) in [6, 6.07) is 2.09. The van der Waals surface area contributed by atoms with E-state index in [1.807, 2.05) is 22.6 Å². The van der Waals surface area contributed by atoms with Gasteiger partial charge in [-0.05, 0) is 6.07 Å². The summed E-state index contributed by atoms with van der Waals surface area (Å²) in [7, 11) is 0. The molecular weight excluding hydrogens is 315 g/mol. The third-order valence-electron chi connectivity index (χ3n) is 2.14. The Hall–Kier alpha value is -0.980. The maximum Gasteiger partial charge on any atom is 0.174 e. The Morgan fingerprint density at radius 3 is 2.67 bits per heavy atom. The third kappa shape index (κ3) is 1.75. The number of carbonyl (C=O) groups excluding carboxylic acids is 1. The highest BCUT2D eigenvalue weighted by molar-refractivity contribution is 14.1. The number of H-pyrrole nitrogens is 1. The second-order valence-electron chi connectivity index (χ2n) is 3.07. The van der Waals surface area contributed by atoms with E-state index >= 15 is 0 Å². The number of halogens is 3. The summed E-state index contributed by atoms with van der Waals surface area (Å²) < 4.78 is 26.1. The molecule has 0 saturated carbocycles. The van der Waals surface area contributed by atoms with Crippen LogP contribution in [0, 0.1) is 11.6 Å². The molecule has 78 valence electrons. The fourth-order valence-corrected chi connectivity index (χ4v) is 1.83. The number of carbonyl (C=O) groups is 1. The van der Waals surface area contributed by atoms with Gasteiger partial charge in [0.05, 0.1) is 4.43 Å². The van der Waals surface area contributed by atoms with Crippen LogP contribution in [0.15, 0.2) is 18.3 Å². The van der Waals surface area contributed by atoms with E-state index in [1.165, 1.54) is 6.20 Å². The van der Waals surface area contributed by atoms with Gasteiger partial charge in [0.15, 0.2) is 17.4 Å². The molecule has 2 aromatic rings. The fraction of sp³-hybridized carbons (Fsp3) is 0.100. The van der Waals surface area contributed by atoms with Crippen LogP contribution in [0.2, 0.25) is 0 Å². The van der Waals surface area contributed by atoms with Gasteiger partial charge in [0.1, 0.15) is 0 Å². The molecule has 2 nitrogen and oxygen atoms in total. The Morgan fingerprint density at radius 1 is 1.33 bits per heavy atom. The lowest BCUT2D eigenvalue weighted by molar-refractivity contribution is 0.102. The molecule has 1 aromatic carbocycles. The number of rotatable bonds is 2. The standard InChI is InChI=1S/C10H6F2INO/c11-7-1-5-6(10(15)3-13)4-14-9(5)2-8(7)12/h1-2,4,14H,3H2. The molecule has 0 radical (unpaired) electrons. The normalized spacial score (nSPS) is 10.9. The average Bonchev–Trinajstić information content (AvgIpc) is 2.61. The van der Waals surface area contributed by atoms with E-state index in [0.717, 1.165) is 12.1 Å². The number of Topliss-reactive ketones (excluding diaryl/α,β-unsaturated/α-hetero) is 1. The zero-order chi connectivity index (χ0) is 11.0. The highest BCUT2D eigenvalue weighted by atomic mass is 127. The van der Waals surface area contributed by atoms with Crippen LogP contribution in [-0.2, 0) is 0 Å². The highest BCUT2D eigenvalue weighted by Crippen LogP contribution is 2.22.